The van der Waals surface area contributed by atoms with Crippen LogP contribution in [0.5, 0.6) is 0 Å². The molecule has 2 aliphatic heterocycles. The summed E-state index contributed by atoms with van der Waals surface area (Å²) >= 11 is 2.15. The highest BCUT2D eigenvalue weighted by atomic mass is 32.2. The Kier molecular flexibility index (Phi) is 5.33. The fourth-order valence-corrected chi connectivity index (χ4v) is 5.73. The second-order valence-corrected chi connectivity index (χ2v) is 8.67. The fraction of sp³-hybridized carbons (Fsp3) is 1.00. The molecule has 20 heavy (non-hydrogen) atoms. The molecule has 1 N–H and O–H groups in total. The highest BCUT2D eigenvalue weighted by Gasteiger charge is 2.39. The third-order valence-electron chi connectivity index (χ3n) is 5.88. The SMILES string of the molecule is CC1SCCC1NCC1(N2CCCCC2)CCCCC1. The minimum absolute atomic E-state index is 0.506. The Morgan fingerprint density at radius 2 is 1.75 bits per heavy atom. The molecule has 0 amide bonds. The normalized spacial score (nSPS) is 35.2. The summed E-state index contributed by atoms with van der Waals surface area (Å²) in [7, 11) is 0. The van der Waals surface area contributed by atoms with Crippen molar-refractivity contribution < 1.29 is 0 Å². The quantitative estimate of drug-likeness (QED) is 0.852. The monoisotopic (exact) mass is 296 g/mol. The number of thioether (sulfide) groups is 1. The maximum atomic E-state index is 3.98. The standard InChI is InChI=1S/C17H32N2S/c1-15-16(8-13-20-15)18-14-17(9-4-2-5-10-17)19-11-6-3-7-12-19/h15-16,18H,2-14H2,1H3. The Bertz CT molecular complexity index is 295. The second kappa shape index (κ2) is 7.02. The van der Waals surface area contributed by atoms with Crippen molar-refractivity contribution in [2.75, 3.05) is 25.4 Å². The van der Waals surface area contributed by atoms with Crippen molar-refractivity contribution >= 4 is 11.8 Å². The van der Waals surface area contributed by atoms with Crippen LogP contribution in [0.25, 0.3) is 0 Å². The Labute approximate surface area is 129 Å². The van der Waals surface area contributed by atoms with Crippen molar-refractivity contribution in [3.63, 3.8) is 0 Å². The van der Waals surface area contributed by atoms with Crippen LogP contribution in [0.1, 0.15) is 64.7 Å². The summed E-state index contributed by atoms with van der Waals surface area (Å²) in [6, 6.07) is 0.767. The third-order valence-corrected chi connectivity index (χ3v) is 7.21. The first-order valence-electron chi connectivity index (χ1n) is 8.90. The molecule has 0 bridgehead atoms. The Morgan fingerprint density at radius 1 is 1.05 bits per heavy atom. The molecule has 2 unspecified atom stereocenters. The summed E-state index contributed by atoms with van der Waals surface area (Å²) < 4.78 is 0. The van der Waals surface area contributed by atoms with E-state index < -0.39 is 0 Å². The van der Waals surface area contributed by atoms with Crippen LogP contribution >= 0.6 is 11.8 Å². The van der Waals surface area contributed by atoms with Crippen molar-refractivity contribution in [1.82, 2.24) is 10.2 Å². The molecule has 116 valence electrons. The van der Waals surface area contributed by atoms with E-state index in [-0.39, 0.29) is 0 Å². The molecule has 0 spiro atoms. The van der Waals surface area contributed by atoms with Crippen LogP contribution in [0.4, 0.5) is 0 Å². The van der Waals surface area contributed by atoms with Crippen molar-refractivity contribution in [2.24, 2.45) is 0 Å². The van der Waals surface area contributed by atoms with E-state index in [1.165, 1.54) is 83.2 Å². The van der Waals surface area contributed by atoms with Gasteiger partial charge in [0.15, 0.2) is 0 Å². The molecule has 0 aromatic carbocycles. The van der Waals surface area contributed by atoms with Crippen LogP contribution in [-0.4, -0.2) is 47.1 Å². The first-order valence-corrected chi connectivity index (χ1v) is 9.95. The van der Waals surface area contributed by atoms with Gasteiger partial charge in [0.1, 0.15) is 0 Å². The summed E-state index contributed by atoms with van der Waals surface area (Å²) in [5.41, 5.74) is 0.506. The van der Waals surface area contributed by atoms with E-state index in [4.69, 9.17) is 0 Å². The van der Waals surface area contributed by atoms with Crippen LogP contribution in [0, 0.1) is 0 Å². The van der Waals surface area contributed by atoms with E-state index in [9.17, 15) is 0 Å². The summed E-state index contributed by atoms with van der Waals surface area (Å²) in [6.45, 7) is 6.37. The van der Waals surface area contributed by atoms with Crippen molar-refractivity contribution in [1.29, 1.82) is 0 Å². The van der Waals surface area contributed by atoms with E-state index in [1.807, 2.05) is 0 Å². The van der Waals surface area contributed by atoms with Crippen LogP contribution < -0.4 is 5.32 Å². The predicted octanol–water partition coefficient (Wildman–Crippen LogP) is 3.66. The van der Waals surface area contributed by atoms with Crippen LogP contribution in [0.15, 0.2) is 0 Å². The van der Waals surface area contributed by atoms with Gasteiger partial charge in [0.25, 0.3) is 0 Å². The third kappa shape index (κ3) is 3.36. The Hall–Kier alpha value is 0.270. The van der Waals surface area contributed by atoms with Gasteiger partial charge in [-0.3, -0.25) is 4.90 Å². The van der Waals surface area contributed by atoms with E-state index in [0.29, 0.717) is 5.54 Å². The lowest BCUT2D eigenvalue weighted by molar-refractivity contribution is 0.0315. The van der Waals surface area contributed by atoms with Gasteiger partial charge in [0.2, 0.25) is 0 Å². The van der Waals surface area contributed by atoms with Crippen molar-refractivity contribution in [3.8, 4) is 0 Å². The van der Waals surface area contributed by atoms with Gasteiger partial charge in [-0.2, -0.15) is 11.8 Å². The number of hydrogen-bond donors (Lipinski definition) is 1. The van der Waals surface area contributed by atoms with Gasteiger partial charge < -0.3 is 5.32 Å². The van der Waals surface area contributed by atoms with E-state index in [1.54, 1.807) is 0 Å². The maximum absolute atomic E-state index is 3.98. The molecule has 2 atom stereocenters. The lowest BCUT2D eigenvalue weighted by Crippen LogP contribution is -2.59. The molecule has 3 fully saturated rings. The smallest absolute Gasteiger partial charge is 0.0334 e. The molecular formula is C17H32N2S. The summed E-state index contributed by atoms with van der Waals surface area (Å²) in [4.78, 5) is 2.87. The highest BCUT2D eigenvalue weighted by molar-refractivity contribution is 8.00. The molecule has 3 aliphatic rings. The number of piperidine rings is 1. The van der Waals surface area contributed by atoms with Crippen LogP contribution in [0.3, 0.4) is 0 Å². The predicted molar refractivity (Wildman–Crippen MR) is 89.6 cm³/mol. The summed E-state index contributed by atoms with van der Waals surface area (Å²) in [5, 5.41) is 4.79. The maximum Gasteiger partial charge on any atom is 0.0334 e. The van der Waals surface area contributed by atoms with Gasteiger partial charge in [-0.25, -0.2) is 0 Å². The summed E-state index contributed by atoms with van der Waals surface area (Å²) in [6.07, 6.45) is 12.9. The first kappa shape index (κ1) is 15.2. The second-order valence-electron chi connectivity index (χ2n) is 7.18. The van der Waals surface area contributed by atoms with Gasteiger partial charge in [0, 0.05) is 23.4 Å². The molecule has 0 radical (unpaired) electrons. The van der Waals surface area contributed by atoms with Gasteiger partial charge in [0.05, 0.1) is 0 Å². The van der Waals surface area contributed by atoms with Gasteiger partial charge in [-0.15, -0.1) is 0 Å². The molecule has 1 saturated carbocycles. The topological polar surface area (TPSA) is 15.3 Å². The zero-order valence-electron chi connectivity index (χ0n) is 13.2. The van der Waals surface area contributed by atoms with E-state index >= 15 is 0 Å². The lowest BCUT2D eigenvalue weighted by Gasteiger charge is -2.49. The van der Waals surface area contributed by atoms with Crippen molar-refractivity contribution in [3.05, 3.63) is 0 Å². The highest BCUT2D eigenvalue weighted by Crippen LogP contribution is 2.36. The van der Waals surface area contributed by atoms with Gasteiger partial charge in [-0.1, -0.05) is 32.6 Å². The van der Waals surface area contributed by atoms with Gasteiger partial charge in [-0.05, 0) is 50.9 Å². The Morgan fingerprint density at radius 3 is 2.40 bits per heavy atom. The molecular weight excluding hydrogens is 264 g/mol. The zero-order chi connectivity index (χ0) is 13.8. The molecule has 0 aromatic rings. The first-order chi connectivity index (χ1) is 9.80. The summed E-state index contributed by atoms with van der Waals surface area (Å²) in [5.74, 6) is 1.36. The molecule has 0 aromatic heterocycles. The van der Waals surface area contributed by atoms with Crippen LogP contribution in [-0.2, 0) is 0 Å². The van der Waals surface area contributed by atoms with Crippen LogP contribution in [0.2, 0.25) is 0 Å². The minimum Gasteiger partial charge on any atom is -0.311 e. The molecule has 3 heteroatoms. The number of rotatable bonds is 4. The number of nitrogens with one attached hydrogen (secondary N) is 1. The number of hydrogen-bond acceptors (Lipinski definition) is 3. The molecule has 2 heterocycles. The van der Waals surface area contributed by atoms with Crippen molar-refractivity contribution in [2.45, 2.75) is 81.5 Å². The lowest BCUT2D eigenvalue weighted by atomic mass is 9.79. The minimum atomic E-state index is 0.506. The van der Waals surface area contributed by atoms with E-state index in [2.05, 4.69) is 28.9 Å². The number of nitrogens with zero attached hydrogens (tertiary/aromatic N) is 1. The average Bonchev–Trinajstić information content (AvgIpc) is 2.92. The number of likely N-dealkylation sites (tertiary alicyclic amines) is 1. The van der Waals surface area contributed by atoms with Gasteiger partial charge >= 0.3 is 0 Å². The molecule has 3 rings (SSSR count). The fourth-order valence-electron chi connectivity index (χ4n) is 4.50. The Balaban J connectivity index is 1.62. The molecule has 2 nitrogen and oxygen atoms in total. The molecule has 1 aliphatic carbocycles. The van der Waals surface area contributed by atoms with E-state index in [0.717, 1.165) is 11.3 Å². The molecule has 2 saturated heterocycles. The largest absolute Gasteiger partial charge is 0.311 e. The average molecular weight is 297 g/mol. The zero-order valence-corrected chi connectivity index (χ0v) is 14.0.